The fourth-order valence-corrected chi connectivity index (χ4v) is 9.82. The molecule has 6 aromatic rings. The molecule has 0 saturated carbocycles. The Morgan fingerprint density at radius 1 is 0.568 bits per heavy atom. The molecule has 2 aromatic heterocycles. The second-order valence-corrected chi connectivity index (χ2v) is 22.2. The van der Waals surface area contributed by atoms with E-state index in [-0.39, 0.29) is 55.9 Å². The number of alkyl halides is 3. The molecule has 2 heterocycles. The van der Waals surface area contributed by atoms with Crippen molar-refractivity contribution in [1.29, 1.82) is 0 Å². The number of nitrogens with one attached hydrogen (secondary N) is 9. The average molecular weight is 1260 g/mol. The first-order valence-corrected chi connectivity index (χ1v) is 29.3. The Labute approximate surface area is 516 Å². The first-order valence-electron chi connectivity index (χ1n) is 28.0. The molecule has 0 unspecified atom stereocenters. The zero-order valence-electron chi connectivity index (χ0n) is 48.5. The lowest BCUT2D eigenvalue weighted by Crippen LogP contribution is -2.65. The van der Waals surface area contributed by atoms with E-state index < -0.39 is 113 Å². The Morgan fingerprint density at radius 2 is 1.01 bits per heavy atom. The Balaban J connectivity index is 0.00000190. The lowest BCUT2D eigenvalue weighted by Gasteiger charge is -2.34. The van der Waals surface area contributed by atoms with Crippen LogP contribution in [-0.4, -0.2) is 145 Å². The summed E-state index contributed by atoms with van der Waals surface area (Å²) in [6.07, 6.45) is -0.825. The number of rotatable bonds is 30. The number of nitrogens with two attached hydrogens (primary N) is 3. The Kier molecular flexibility index (Phi) is 26.3. The lowest BCUT2D eigenvalue weighted by atomic mass is 9.91. The van der Waals surface area contributed by atoms with Gasteiger partial charge in [-0.3, -0.25) is 38.4 Å². The van der Waals surface area contributed by atoms with E-state index in [1.54, 1.807) is 38.4 Å². The molecule has 0 aliphatic rings. The molecule has 0 bridgehead atoms. The number of carbonyl (C=O) groups excluding carboxylic acids is 8. The number of benzene rings is 4. The number of phenols is 1. The van der Waals surface area contributed by atoms with Gasteiger partial charge in [0.25, 0.3) is 0 Å². The molecule has 0 fully saturated rings. The number of carbonyl (C=O) groups is 9. The quantitative estimate of drug-likeness (QED) is 0.0228. The van der Waals surface area contributed by atoms with Crippen molar-refractivity contribution in [2.45, 2.75) is 120 Å². The Bertz CT molecular complexity index is 3370. The molecule has 28 heteroatoms. The molecule has 0 radical (unpaired) electrons. The third-order valence-corrected chi connectivity index (χ3v) is 15.0. The first-order chi connectivity index (χ1) is 41.7. The molecule has 88 heavy (non-hydrogen) atoms. The second kappa shape index (κ2) is 32.9. The van der Waals surface area contributed by atoms with E-state index in [9.17, 15) is 51.8 Å². The number of aromatic nitrogens is 2. The van der Waals surface area contributed by atoms with Crippen LogP contribution in [0.4, 0.5) is 13.2 Å². The van der Waals surface area contributed by atoms with E-state index >= 15 is 4.79 Å². The number of hydrogen-bond acceptors (Lipinski definition) is 14. The molecule has 6 rings (SSSR count). The van der Waals surface area contributed by atoms with Gasteiger partial charge in [0.15, 0.2) is 0 Å². The van der Waals surface area contributed by atoms with Crippen molar-refractivity contribution in [3.8, 4) is 5.75 Å². The highest BCUT2D eigenvalue weighted by molar-refractivity contribution is 7.80. The molecule has 8 atom stereocenters. The number of thiol groups is 2. The summed E-state index contributed by atoms with van der Waals surface area (Å²) in [7, 11) is 0. The molecule has 0 aliphatic carbocycles. The van der Waals surface area contributed by atoms with Crippen LogP contribution in [0.3, 0.4) is 0 Å². The number of carboxylic acid groups (broad SMARTS) is 1. The van der Waals surface area contributed by atoms with Gasteiger partial charge in [0.1, 0.15) is 47.5 Å². The van der Waals surface area contributed by atoms with Crippen molar-refractivity contribution in [1.82, 2.24) is 47.2 Å². The molecule has 0 saturated heterocycles. The highest BCUT2D eigenvalue weighted by Crippen LogP contribution is 2.23. The molecular weight excluding hydrogens is 1190 g/mol. The van der Waals surface area contributed by atoms with Crippen LogP contribution in [-0.2, 0) is 68.8 Å². The predicted molar refractivity (Wildman–Crippen MR) is 330 cm³/mol. The molecule has 4 aromatic carbocycles. The third-order valence-electron chi connectivity index (χ3n) is 14.3. The van der Waals surface area contributed by atoms with Gasteiger partial charge >= 0.3 is 12.1 Å². The number of amides is 8. The largest absolute Gasteiger partial charge is 0.508 e. The number of H-pyrrole nitrogens is 2. The van der Waals surface area contributed by atoms with Crippen LogP contribution in [0.1, 0.15) is 62.3 Å². The van der Waals surface area contributed by atoms with E-state index in [4.69, 9.17) is 27.1 Å². The fraction of sp³-hybridized carbons (Fsp3) is 0.383. The van der Waals surface area contributed by atoms with Crippen LogP contribution >= 0.6 is 25.3 Å². The van der Waals surface area contributed by atoms with Crippen LogP contribution in [0.2, 0.25) is 0 Å². The van der Waals surface area contributed by atoms with Gasteiger partial charge in [-0.2, -0.15) is 38.4 Å². The molecule has 0 aliphatic heterocycles. The predicted octanol–water partition coefficient (Wildman–Crippen LogP) is 2.50. The maximum atomic E-state index is 15.0. The summed E-state index contributed by atoms with van der Waals surface area (Å²) in [5, 5.41) is 38.0. The summed E-state index contributed by atoms with van der Waals surface area (Å²) in [5.41, 5.74) is 20.4. The van der Waals surface area contributed by atoms with Crippen molar-refractivity contribution in [2.24, 2.45) is 23.1 Å². The summed E-state index contributed by atoms with van der Waals surface area (Å²) in [4.78, 5) is 128. The minimum Gasteiger partial charge on any atom is -0.508 e. The van der Waals surface area contributed by atoms with E-state index in [1.165, 1.54) is 19.1 Å². The van der Waals surface area contributed by atoms with Crippen LogP contribution in [0, 0.1) is 5.92 Å². The minimum absolute atomic E-state index is 0.0277. The van der Waals surface area contributed by atoms with Crippen molar-refractivity contribution in [2.75, 3.05) is 18.1 Å². The number of aromatic amines is 2. The van der Waals surface area contributed by atoms with Crippen LogP contribution in [0.25, 0.3) is 21.8 Å². The maximum Gasteiger partial charge on any atom is 0.490 e. The Morgan fingerprint density at radius 3 is 1.50 bits per heavy atom. The topological polar surface area (TPSA) is 388 Å². The van der Waals surface area contributed by atoms with Crippen LogP contribution in [0.15, 0.2) is 116 Å². The summed E-state index contributed by atoms with van der Waals surface area (Å²) >= 11 is 8.67. The van der Waals surface area contributed by atoms with Crippen molar-refractivity contribution < 1.29 is 66.5 Å². The van der Waals surface area contributed by atoms with Gasteiger partial charge in [0, 0.05) is 65.0 Å². The van der Waals surface area contributed by atoms with Gasteiger partial charge in [-0.15, -0.1) is 0 Å². The molecule has 474 valence electrons. The summed E-state index contributed by atoms with van der Waals surface area (Å²) < 4.78 is 31.7. The number of carboxylic acids is 1. The molecule has 8 amide bonds. The van der Waals surface area contributed by atoms with E-state index in [2.05, 4.69) is 72.4 Å². The molecule has 23 nitrogen and oxygen atoms in total. The number of hydrogen-bond donors (Lipinski definition) is 16. The Hall–Kier alpha value is -8.60. The van der Waals surface area contributed by atoms with Gasteiger partial charge in [-0.1, -0.05) is 92.7 Å². The zero-order valence-corrected chi connectivity index (χ0v) is 50.3. The fourth-order valence-electron chi connectivity index (χ4n) is 9.31. The number of aliphatic carboxylic acids is 1. The number of fused-ring (bicyclic) bond motifs is 2. The number of primary amides is 1. The standard InChI is InChI=1S/C58H74N12O9S2.C2HF3O2/c1-33(2)49(56(78)68-48(32-81)53(75)64-44(50(61)72)27-36-29-62-42-17-9-7-15-39(36)42)69-57(79)58(3,23-11-12-24-59)70-55(77)46(28-37-30-63-43-18-10-8-16-40(37)43)66-52(74)45(26-35-19-21-38(71)22-20-35)65-54(76)47(31-80)67-51(73)41(60)25-34-13-5-4-6-14-34;3-2(4,5)1(6)7/h4-10,13-22,29-30,33,41,44-49,62-63,71,80-81H,11-12,23-28,31-32,59-60H2,1-3H3,(H2,61,72)(H,64,75)(H,65,76)(H,66,74)(H,67,73)(H,68,78)(H,69,79)(H,70,77);(H,6,7)/t41-,44+,45+,46-,47+,48+,49+,58+;/m1./s1. The number of aromatic hydroxyl groups is 1. The first kappa shape index (κ1) is 70.2. The smallest absolute Gasteiger partial charge is 0.490 e. The number of unbranched alkanes of at least 4 members (excludes halogenated alkanes) is 1. The average Bonchev–Trinajstić information content (AvgIpc) is 4.22. The second-order valence-electron chi connectivity index (χ2n) is 21.4. The molecule has 17 N–H and O–H groups in total. The monoisotopic (exact) mass is 1260 g/mol. The minimum atomic E-state index is -5.08. The highest BCUT2D eigenvalue weighted by atomic mass is 32.1. The van der Waals surface area contributed by atoms with E-state index in [0.717, 1.165) is 32.9 Å². The highest BCUT2D eigenvalue weighted by Gasteiger charge is 2.41. The zero-order chi connectivity index (χ0) is 64.9. The van der Waals surface area contributed by atoms with Crippen molar-refractivity contribution >= 4 is 100 Å². The van der Waals surface area contributed by atoms with E-state index in [1.807, 2.05) is 78.9 Å². The summed E-state index contributed by atoms with van der Waals surface area (Å²) in [5.74, 6) is -9.80. The number of halogens is 3. The van der Waals surface area contributed by atoms with Crippen LogP contribution < -0.4 is 54.4 Å². The number of para-hydroxylation sites is 2. The molecular formula is C60H75F3N12O11S2. The molecule has 0 spiro atoms. The maximum absolute atomic E-state index is 15.0. The van der Waals surface area contributed by atoms with Gasteiger partial charge in [-0.05, 0) is 91.6 Å². The third kappa shape index (κ3) is 20.5. The van der Waals surface area contributed by atoms with Gasteiger partial charge in [0.05, 0.1) is 6.04 Å². The van der Waals surface area contributed by atoms with Crippen molar-refractivity contribution in [3.63, 3.8) is 0 Å². The van der Waals surface area contributed by atoms with E-state index in [0.29, 0.717) is 24.0 Å². The van der Waals surface area contributed by atoms with Gasteiger partial charge in [-0.25, -0.2) is 4.79 Å². The van der Waals surface area contributed by atoms with Gasteiger partial charge in [0.2, 0.25) is 47.3 Å². The lowest BCUT2D eigenvalue weighted by molar-refractivity contribution is -0.192. The normalized spacial score (nSPS) is 14.4. The van der Waals surface area contributed by atoms with Crippen molar-refractivity contribution in [3.05, 3.63) is 138 Å². The number of phenolic OH excluding ortho intramolecular Hbond substituents is 1. The summed E-state index contributed by atoms with van der Waals surface area (Å²) in [6, 6.07) is 21.1. The summed E-state index contributed by atoms with van der Waals surface area (Å²) in [6.45, 7) is 5.12. The SMILES string of the molecule is CC(C)[C@H](NC(=O)[C@](C)(CCCCN)NC(=O)[C@@H](Cc1c[nH]c2ccccc12)NC(=O)[C@H](Cc1ccc(O)cc1)NC(=O)[C@H](CS)NC(=O)[C@H](N)Cc1ccccc1)C(=O)N[C@@H](CS)C(=O)N[C@@H](Cc1c[nH]c2ccccc12)C(N)=O.O=C(O)C(F)(F)F. The van der Waals surface area contributed by atoms with Gasteiger partial charge < -0.3 is 74.6 Å². The van der Waals surface area contributed by atoms with Crippen LogP contribution in [0.5, 0.6) is 5.75 Å².